The molecule has 5 nitrogen and oxygen atoms in total. The largest absolute Gasteiger partial charge is 0.481 e. The van der Waals surface area contributed by atoms with Gasteiger partial charge in [-0.1, -0.05) is 65.0 Å². The Morgan fingerprint density at radius 3 is 2.33 bits per heavy atom. The topological polar surface area (TPSA) is 83.5 Å². The second-order valence-corrected chi connectivity index (χ2v) is 18.3. The van der Waals surface area contributed by atoms with Crippen molar-refractivity contribution in [1.29, 1.82) is 0 Å². The second kappa shape index (κ2) is 9.79. The van der Waals surface area contributed by atoms with Gasteiger partial charge in [0.2, 0.25) is 10.0 Å². The summed E-state index contributed by atoms with van der Waals surface area (Å²) in [5.41, 5.74) is 3.16. The van der Waals surface area contributed by atoms with Gasteiger partial charge in [-0.15, -0.1) is 0 Å². The number of sulfonamides is 1. The zero-order chi connectivity index (χ0) is 31.4. The average molecular weight is 608 g/mol. The molecule has 4 saturated carbocycles. The smallest absolute Gasteiger partial charge is 0.309 e. The van der Waals surface area contributed by atoms with Crippen LogP contribution in [0.4, 0.5) is 0 Å². The van der Waals surface area contributed by atoms with Gasteiger partial charge in [0.15, 0.2) is 0 Å². The van der Waals surface area contributed by atoms with Crippen molar-refractivity contribution < 1.29 is 18.3 Å². The maximum absolute atomic E-state index is 12.9. The number of fused-ring (bicyclic) bond motifs is 7. The second-order valence-electron chi connectivity index (χ2n) is 16.4. The van der Waals surface area contributed by atoms with Crippen LogP contribution in [0.2, 0.25) is 0 Å². The van der Waals surface area contributed by atoms with Crippen LogP contribution in [0.5, 0.6) is 0 Å². The Bertz CT molecular complexity index is 1490. The Morgan fingerprint density at radius 1 is 0.953 bits per heavy atom. The normalized spacial score (nSPS) is 43.4. The summed E-state index contributed by atoms with van der Waals surface area (Å²) < 4.78 is 27.7. The van der Waals surface area contributed by atoms with Crippen LogP contribution in [0, 0.1) is 56.7 Å². The summed E-state index contributed by atoms with van der Waals surface area (Å²) in [5.74, 6) is 1.41. The van der Waals surface area contributed by atoms with Crippen molar-refractivity contribution >= 4 is 21.6 Å². The van der Waals surface area contributed by atoms with Gasteiger partial charge in [-0.2, -0.15) is 0 Å². The summed E-state index contributed by atoms with van der Waals surface area (Å²) in [5, 5.41) is 10.6. The lowest BCUT2D eigenvalue weighted by Crippen LogP contribution is -2.65. The molecule has 0 aliphatic heterocycles. The molecule has 0 spiro atoms. The Kier molecular flexibility index (Phi) is 7.07. The number of benzene rings is 1. The molecule has 5 aliphatic rings. The fourth-order valence-electron chi connectivity index (χ4n) is 12.6. The molecule has 0 bridgehead atoms. The van der Waals surface area contributed by atoms with Gasteiger partial charge in [-0.3, -0.25) is 4.79 Å². The minimum absolute atomic E-state index is 0.102. The SMILES string of the molecule is C=C(C)[C@@H]1CC[C@]2(C(=O)O)CC[C@]3(C)[C@H](CC[C@@H]4[C@@]5(C)CC=C(c6cccc(S(=O)(=O)NC)c6)C(C)(C)[C@@H]5CC[C@]43C)[C@@H]12. The summed E-state index contributed by atoms with van der Waals surface area (Å²) in [4.78, 5) is 13.3. The summed E-state index contributed by atoms with van der Waals surface area (Å²) in [6.07, 6.45) is 11.6. The fraction of sp³-hybridized carbons (Fsp3) is 0.703. The zero-order valence-electron chi connectivity index (χ0n) is 27.4. The van der Waals surface area contributed by atoms with E-state index in [1.807, 2.05) is 12.1 Å². The molecule has 6 rings (SSSR count). The maximum atomic E-state index is 12.9. The van der Waals surface area contributed by atoms with Crippen LogP contribution >= 0.6 is 0 Å². The van der Waals surface area contributed by atoms with Crippen molar-refractivity contribution in [2.24, 2.45) is 56.7 Å². The van der Waals surface area contributed by atoms with E-state index < -0.39 is 21.4 Å². The molecule has 4 fully saturated rings. The molecule has 0 radical (unpaired) electrons. The molecule has 0 unspecified atom stereocenters. The predicted molar refractivity (Wildman–Crippen MR) is 173 cm³/mol. The van der Waals surface area contributed by atoms with Gasteiger partial charge >= 0.3 is 5.97 Å². The van der Waals surface area contributed by atoms with Gasteiger partial charge in [0, 0.05) is 0 Å². The highest BCUT2D eigenvalue weighted by Gasteiger charge is 2.71. The third-order valence-electron chi connectivity index (χ3n) is 14.8. The van der Waals surface area contributed by atoms with Crippen molar-refractivity contribution in [2.75, 3.05) is 7.05 Å². The number of carboxylic acid groups (broad SMARTS) is 1. The van der Waals surface area contributed by atoms with Gasteiger partial charge in [0.05, 0.1) is 10.3 Å². The molecule has 0 saturated heterocycles. The molecule has 236 valence electrons. The van der Waals surface area contributed by atoms with Crippen LogP contribution in [0.1, 0.15) is 105 Å². The van der Waals surface area contributed by atoms with Crippen molar-refractivity contribution in [3.63, 3.8) is 0 Å². The third-order valence-corrected chi connectivity index (χ3v) is 16.2. The Hall–Kier alpha value is -1.92. The minimum atomic E-state index is -3.52. The predicted octanol–water partition coefficient (Wildman–Crippen LogP) is 8.33. The van der Waals surface area contributed by atoms with E-state index in [-0.39, 0.29) is 27.6 Å². The molecule has 0 aromatic heterocycles. The lowest BCUT2D eigenvalue weighted by atomic mass is 9.32. The highest BCUT2D eigenvalue weighted by molar-refractivity contribution is 7.89. The van der Waals surface area contributed by atoms with E-state index in [1.54, 1.807) is 6.07 Å². The van der Waals surface area contributed by atoms with Crippen LogP contribution in [-0.2, 0) is 14.8 Å². The van der Waals surface area contributed by atoms with Crippen molar-refractivity contribution in [1.82, 2.24) is 4.72 Å². The molecular formula is C37H53NO4S. The van der Waals surface area contributed by atoms with Gasteiger partial charge in [-0.25, -0.2) is 13.1 Å². The molecule has 1 aromatic carbocycles. The standard InChI is InChI=1S/C37H53NO4S/c1-23(2)26-14-19-37(32(39)40)21-20-35(6)28(31(26)37)12-13-30-34(5)17-15-27(33(3,4)29(34)16-18-36(30,35)7)24-10-9-11-25(22-24)43(41,42)38-8/h9-11,15,22,26,28-31,38H,1,12-14,16-21H2,2-8H3,(H,39,40)/t26-,28+,29-,30+,31+,34-,35+,36+,37-/m0/s1. The quantitative estimate of drug-likeness (QED) is 0.330. The number of hydrogen-bond donors (Lipinski definition) is 2. The van der Waals surface area contributed by atoms with E-state index in [4.69, 9.17) is 0 Å². The van der Waals surface area contributed by atoms with Gasteiger partial charge in [0.1, 0.15) is 0 Å². The van der Waals surface area contributed by atoms with Crippen molar-refractivity contribution in [3.8, 4) is 0 Å². The van der Waals surface area contributed by atoms with E-state index in [0.717, 1.165) is 56.9 Å². The maximum Gasteiger partial charge on any atom is 0.309 e. The molecule has 1 aromatic rings. The van der Waals surface area contributed by atoms with Crippen LogP contribution in [0.3, 0.4) is 0 Å². The average Bonchev–Trinajstić information content (AvgIpc) is 3.35. The fourth-order valence-corrected chi connectivity index (χ4v) is 13.3. The Morgan fingerprint density at radius 2 is 1.67 bits per heavy atom. The zero-order valence-corrected chi connectivity index (χ0v) is 28.2. The summed E-state index contributed by atoms with van der Waals surface area (Å²) >= 11 is 0. The lowest BCUT2D eigenvalue weighted by molar-refractivity contribution is -0.227. The molecule has 0 amide bonds. The Labute approximate surface area is 260 Å². The number of carboxylic acids is 1. The van der Waals surface area contributed by atoms with Crippen molar-refractivity contribution in [2.45, 2.75) is 104 Å². The molecule has 43 heavy (non-hydrogen) atoms. The lowest BCUT2D eigenvalue weighted by Gasteiger charge is -2.72. The number of nitrogens with one attached hydrogen (secondary N) is 1. The van der Waals surface area contributed by atoms with E-state index in [9.17, 15) is 18.3 Å². The third kappa shape index (κ3) is 4.03. The van der Waals surface area contributed by atoms with E-state index in [1.165, 1.54) is 24.6 Å². The first kappa shape index (κ1) is 31.1. The van der Waals surface area contributed by atoms with Crippen LogP contribution in [-0.4, -0.2) is 26.5 Å². The van der Waals surface area contributed by atoms with Gasteiger partial charge in [-0.05, 0) is 146 Å². The summed E-state index contributed by atoms with van der Waals surface area (Å²) in [6, 6.07) is 7.46. The first-order valence-corrected chi connectivity index (χ1v) is 18.1. The van der Waals surface area contributed by atoms with Gasteiger partial charge in [0.25, 0.3) is 0 Å². The minimum Gasteiger partial charge on any atom is -0.481 e. The van der Waals surface area contributed by atoms with Crippen molar-refractivity contribution in [3.05, 3.63) is 48.1 Å². The van der Waals surface area contributed by atoms with E-state index in [0.29, 0.717) is 28.6 Å². The summed E-state index contributed by atoms with van der Waals surface area (Å²) in [7, 11) is -2.06. The summed E-state index contributed by atoms with van der Waals surface area (Å²) in [6.45, 7) is 19.0. The molecule has 2 N–H and O–H groups in total. The van der Waals surface area contributed by atoms with Crippen LogP contribution in [0.15, 0.2) is 47.4 Å². The molecule has 5 aliphatic carbocycles. The highest BCUT2D eigenvalue weighted by atomic mass is 32.2. The monoisotopic (exact) mass is 607 g/mol. The van der Waals surface area contributed by atoms with Crippen LogP contribution < -0.4 is 4.72 Å². The number of allylic oxidation sites excluding steroid dienone is 3. The molecule has 0 heterocycles. The highest BCUT2D eigenvalue weighted by Crippen LogP contribution is 2.77. The number of hydrogen-bond acceptors (Lipinski definition) is 3. The van der Waals surface area contributed by atoms with Crippen LogP contribution in [0.25, 0.3) is 5.57 Å². The number of aliphatic carboxylic acids is 1. The first-order valence-electron chi connectivity index (χ1n) is 16.6. The number of rotatable bonds is 5. The van der Waals surface area contributed by atoms with Gasteiger partial charge < -0.3 is 5.11 Å². The first-order chi connectivity index (χ1) is 20.0. The molecular weight excluding hydrogens is 554 g/mol. The number of carbonyl (C=O) groups is 1. The Balaban J connectivity index is 1.38. The van der Waals surface area contributed by atoms with E-state index in [2.05, 4.69) is 65.0 Å². The molecule has 6 heteroatoms. The van der Waals surface area contributed by atoms with E-state index >= 15 is 0 Å². The molecule has 9 atom stereocenters.